The maximum Gasteiger partial charge on any atom is 0.223 e. The molecule has 1 N–H and O–H groups in total. The number of rotatable bonds is 2. The Labute approximate surface area is 105 Å². The first kappa shape index (κ1) is 12.4. The van der Waals surface area contributed by atoms with Gasteiger partial charge in [-0.05, 0) is 30.9 Å². The molecule has 0 aromatic heterocycles. The minimum atomic E-state index is -0.397. The average Bonchev–Trinajstić information content (AvgIpc) is 2.51. The number of halogens is 2. The van der Waals surface area contributed by atoms with Crippen molar-refractivity contribution in [2.45, 2.75) is 25.7 Å². The molecule has 92 valence electrons. The van der Waals surface area contributed by atoms with Gasteiger partial charge < -0.3 is 5.32 Å². The normalized spacial score (nSPS) is 20.8. The largest absolute Gasteiger partial charge is 0.356 e. The number of benzene rings is 1. The van der Waals surface area contributed by atoms with Gasteiger partial charge in [0.15, 0.2) is 0 Å². The number of carbonyl (C=O) groups excluding carboxylic acids is 1. The lowest BCUT2D eigenvalue weighted by atomic mass is 9.94. The van der Waals surface area contributed by atoms with Crippen molar-refractivity contribution >= 4 is 17.5 Å². The molecule has 1 unspecified atom stereocenters. The van der Waals surface area contributed by atoms with Gasteiger partial charge in [-0.2, -0.15) is 0 Å². The van der Waals surface area contributed by atoms with Crippen molar-refractivity contribution in [2.24, 2.45) is 5.92 Å². The highest BCUT2D eigenvalue weighted by atomic mass is 35.5. The number of hydrogen-bond donors (Lipinski definition) is 1. The van der Waals surface area contributed by atoms with E-state index in [0.29, 0.717) is 12.0 Å². The van der Waals surface area contributed by atoms with Gasteiger partial charge in [-0.1, -0.05) is 30.2 Å². The maximum absolute atomic E-state index is 13.7. The van der Waals surface area contributed by atoms with Gasteiger partial charge in [0.2, 0.25) is 5.91 Å². The van der Waals surface area contributed by atoms with Crippen LogP contribution in [0.3, 0.4) is 0 Å². The summed E-state index contributed by atoms with van der Waals surface area (Å²) in [6.45, 7) is 0.730. The molecule has 1 saturated heterocycles. The number of amides is 1. The predicted octanol–water partition coefficient (Wildman–Crippen LogP) is 2.94. The summed E-state index contributed by atoms with van der Waals surface area (Å²) >= 11 is 5.72. The molecule has 1 aliphatic heterocycles. The van der Waals surface area contributed by atoms with Crippen molar-refractivity contribution in [2.75, 3.05) is 6.54 Å². The van der Waals surface area contributed by atoms with Gasteiger partial charge in [0, 0.05) is 12.5 Å². The van der Waals surface area contributed by atoms with Crippen LogP contribution in [0.4, 0.5) is 4.39 Å². The van der Waals surface area contributed by atoms with E-state index in [-0.39, 0.29) is 16.8 Å². The van der Waals surface area contributed by atoms with Gasteiger partial charge >= 0.3 is 0 Å². The molecule has 0 spiro atoms. The zero-order valence-electron chi connectivity index (χ0n) is 9.51. The maximum atomic E-state index is 13.7. The summed E-state index contributed by atoms with van der Waals surface area (Å²) < 4.78 is 13.7. The molecule has 1 fully saturated rings. The number of nitrogens with one attached hydrogen (secondary N) is 1. The average molecular weight is 256 g/mol. The molecule has 1 atom stereocenters. The van der Waals surface area contributed by atoms with E-state index in [4.69, 9.17) is 11.6 Å². The second-order valence-electron chi connectivity index (χ2n) is 4.40. The molecule has 0 saturated carbocycles. The summed E-state index contributed by atoms with van der Waals surface area (Å²) in [6.07, 6.45) is 3.25. The van der Waals surface area contributed by atoms with Crippen LogP contribution in [0, 0.1) is 11.7 Å². The molecule has 2 rings (SSSR count). The summed E-state index contributed by atoms with van der Waals surface area (Å²) in [7, 11) is 0. The Bertz CT molecular complexity index is 422. The van der Waals surface area contributed by atoms with E-state index in [2.05, 4.69) is 5.32 Å². The summed E-state index contributed by atoms with van der Waals surface area (Å²) in [5.41, 5.74) is 0.527. The molecule has 1 aliphatic rings. The molecule has 1 aromatic carbocycles. The zero-order valence-corrected chi connectivity index (χ0v) is 10.3. The van der Waals surface area contributed by atoms with Gasteiger partial charge in [0.1, 0.15) is 5.82 Å². The molecule has 1 amide bonds. The van der Waals surface area contributed by atoms with E-state index in [9.17, 15) is 9.18 Å². The second-order valence-corrected chi connectivity index (χ2v) is 4.81. The Morgan fingerprint density at radius 1 is 1.41 bits per heavy atom. The Morgan fingerprint density at radius 3 is 3.06 bits per heavy atom. The molecule has 4 heteroatoms. The first-order valence-electron chi connectivity index (χ1n) is 5.89. The van der Waals surface area contributed by atoms with Gasteiger partial charge in [0.25, 0.3) is 0 Å². The number of hydrogen-bond acceptors (Lipinski definition) is 1. The Balaban J connectivity index is 2.13. The highest BCUT2D eigenvalue weighted by Crippen LogP contribution is 2.23. The van der Waals surface area contributed by atoms with Crippen LogP contribution in [0.1, 0.15) is 24.8 Å². The van der Waals surface area contributed by atoms with Crippen LogP contribution in [0.5, 0.6) is 0 Å². The minimum absolute atomic E-state index is 0.0295. The fourth-order valence-electron chi connectivity index (χ4n) is 2.17. The lowest BCUT2D eigenvalue weighted by Crippen LogP contribution is -2.30. The Morgan fingerprint density at radius 2 is 2.24 bits per heavy atom. The van der Waals surface area contributed by atoms with Crippen molar-refractivity contribution in [3.8, 4) is 0 Å². The highest BCUT2D eigenvalue weighted by Gasteiger charge is 2.22. The van der Waals surface area contributed by atoms with Crippen LogP contribution >= 0.6 is 11.6 Å². The van der Waals surface area contributed by atoms with E-state index in [0.717, 1.165) is 25.8 Å². The van der Waals surface area contributed by atoms with Crippen molar-refractivity contribution in [1.82, 2.24) is 5.32 Å². The molecule has 1 aromatic rings. The van der Waals surface area contributed by atoms with Gasteiger partial charge in [-0.15, -0.1) is 0 Å². The first-order chi connectivity index (χ1) is 8.18. The Hall–Kier alpha value is -1.09. The van der Waals surface area contributed by atoms with Crippen LogP contribution in [-0.2, 0) is 11.2 Å². The van der Waals surface area contributed by atoms with E-state index < -0.39 is 5.82 Å². The van der Waals surface area contributed by atoms with Crippen molar-refractivity contribution in [1.29, 1.82) is 0 Å². The van der Waals surface area contributed by atoms with Crippen molar-refractivity contribution in [3.05, 3.63) is 34.6 Å². The molecule has 0 bridgehead atoms. The molecule has 17 heavy (non-hydrogen) atoms. The summed E-state index contributed by atoms with van der Waals surface area (Å²) in [5.74, 6) is -0.501. The third-order valence-corrected chi connectivity index (χ3v) is 3.44. The van der Waals surface area contributed by atoms with Gasteiger partial charge in [-0.25, -0.2) is 4.39 Å². The summed E-state index contributed by atoms with van der Waals surface area (Å²) in [4.78, 5) is 11.7. The van der Waals surface area contributed by atoms with Crippen LogP contribution in [-0.4, -0.2) is 12.5 Å². The van der Waals surface area contributed by atoms with Crippen LogP contribution in [0.25, 0.3) is 0 Å². The lowest BCUT2D eigenvalue weighted by molar-refractivity contribution is -0.124. The van der Waals surface area contributed by atoms with E-state index in [1.807, 2.05) is 0 Å². The lowest BCUT2D eigenvalue weighted by Gasteiger charge is -2.13. The first-order valence-corrected chi connectivity index (χ1v) is 6.27. The second kappa shape index (κ2) is 5.50. The fourth-order valence-corrected chi connectivity index (χ4v) is 2.36. The molecule has 2 nitrogen and oxygen atoms in total. The predicted molar refractivity (Wildman–Crippen MR) is 65.5 cm³/mol. The molecular formula is C13H15ClFNO. The minimum Gasteiger partial charge on any atom is -0.356 e. The highest BCUT2D eigenvalue weighted by molar-refractivity contribution is 6.30. The van der Waals surface area contributed by atoms with Gasteiger partial charge in [-0.3, -0.25) is 4.79 Å². The SMILES string of the molecule is O=C1NCCCCC1Cc1cccc(Cl)c1F. The molecule has 1 heterocycles. The zero-order chi connectivity index (χ0) is 12.3. The van der Waals surface area contributed by atoms with E-state index in [1.54, 1.807) is 12.1 Å². The monoisotopic (exact) mass is 255 g/mol. The summed E-state index contributed by atoms with van der Waals surface area (Å²) in [6, 6.07) is 4.93. The van der Waals surface area contributed by atoms with E-state index >= 15 is 0 Å². The van der Waals surface area contributed by atoms with Gasteiger partial charge in [0.05, 0.1) is 5.02 Å². The third-order valence-electron chi connectivity index (χ3n) is 3.15. The van der Waals surface area contributed by atoms with Crippen LogP contribution in [0.15, 0.2) is 18.2 Å². The van der Waals surface area contributed by atoms with Crippen molar-refractivity contribution < 1.29 is 9.18 Å². The van der Waals surface area contributed by atoms with Crippen LogP contribution < -0.4 is 5.32 Å². The summed E-state index contributed by atoms with van der Waals surface area (Å²) in [5, 5.41) is 2.98. The number of carbonyl (C=O) groups is 1. The van der Waals surface area contributed by atoms with Crippen molar-refractivity contribution in [3.63, 3.8) is 0 Å². The molecule has 0 aliphatic carbocycles. The fraction of sp³-hybridized carbons (Fsp3) is 0.462. The van der Waals surface area contributed by atoms with E-state index in [1.165, 1.54) is 6.07 Å². The standard InChI is InChI=1S/C13H15ClFNO/c14-11-6-3-5-9(12(11)15)8-10-4-1-2-7-16-13(10)17/h3,5-6,10H,1-2,4,7-8H2,(H,16,17). The smallest absolute Gasteiger partial charge is 0.223 e. The van der Waals surface area contributed by atoms with Crippen LogP contribution in [0.2, 0.25) is 5.02 Å². The topological polar surface area (TPSA) is 29.1 Å². The molecular weight excluding hydrogens is 241 g/mol. The quantitative estimate of drug-likeness (QED) is 0.865. The molecule has 0 radical (unpaired) electrons. The third kappa shape index (κ3) is 2.97. The Kier molecular flexibility index (Phi) is 4.00.